The van der Waals surface area contributed by atoms with Gasteiger partial charge in [0.05, 0.1) is 33.2 Å². The lowest BCUT2D eigenvalue weighted by Gasteiger charge is -2.25. The van der Waals surface area contributed by atoms with Crippen molar-refractivity contribution >= 4 is 38.9 Å². The molecule has 2 rings (SSSR count). The van der Waals surface area contributed by atoms with Gasteiger partial charge in [-0.25, -0.2) is 8.42 Å². The van der Waals surface area contributed by atoms with E-state index in [-0.39, 0.29) is 34.5 Å². The lowest BCUT2D eigenvalue weighted by molar-refractivity contribution is -0.242. The fourth-order valence-corrected chi connectivity index (χ4v) is 4.02. The van der Waals surface area contributed by atoms with Gasteiger partial charge in [0.1, 0.15) is 0 Å². The van der Waals surface area contributed by atoms with Crippen LogP contribution in [0.15, 0.2) is 52.3 Å². The number of sulfone groups is 1. The van der Waals surface area contributed by atoms with Crippen molar-refractivity contribution in [2.45, 2.75) is 34.6 Å². The number of alkyl halides is 3. The van der Waals surface area contributed by atoms with Crippen LogP contribution in [-0.4, -0.2) is 66.6 Å². The summed E-state index contributed by atoms with van der Waals surface area (Å²) < 4.78 is 64.1. The number of carbonyl (C=O) groups is 2. The molecule has 2 atom stereocenters. The number of aliphatic hydroxyl groups excluding tert-OH is 2. The highest BCUT2D eigenvalue weighted by atomic mass is 35.5. The summed E-state index contributed by atoms with van der Waals surface area (Å²) >= 11 is 5.94. The predicted molar refractivity (Wildman–Crippen MR) is 114 cm³/mol. The van der Waals surface area contributed by atoms with E-state index >= 15 is 0 Å². The summed E-state index contributed by atoms with van der Waals surface area (Å²) in [6.45, 7) is -0.507. The number of nitrogens with one attached hydrogen (secondary N) is 2. The van der Waals surface area contributed by atoms with Crippen LogP contribution in [0.2, 0.25) is 5.02 Å². The van der Waals surface area contributed by atoms with Gasteiger partial charge in [0.15, 0.2) is 0 Å². The standard InChI is InChI=1S/C20H20ClF3N2O7S/c1-19(31,20(22,23)24)18(30)26-16-7-6-14(8-15(16)21)34(32,33)13-4-2-11(3-5-13)17(29)25-9-12(28)10-27/h2-8,12,27-28,31H,9-10H2,1H3,(H,25,29)(H,26,30)/t12?,19-/m1/s1. The molecule has 0 radical (unpaired) electrons. The van der Waals surface area contributed by atoms with Gasteiger partial charge >= 0.3 is 6.18 Å². The zero-order valence-corrected chi connectivity index (χ0v) is 19.0. The molecule has 1 unspecified atom stereocenters. The minimum atomic E-state index is -5.26. The first kappa shape index (κ1) is 27.5. The van der Waals surface area contributed by atoms with Gasteiger partial charge in [0, 0.05) is 12.1 Å². The fourth-order valence-electron chi connectivity index (χ4n) is 2.44. The van der Waals surface area contributed by atoms with Crippen LogP contribution in [0.1, 0.15) is 17.3 Å². The van der Waals surface area contributed by atoms with E-state index < -0.39 is 51.2 Å². The Kier molecular flexibility index (Phi) is 8.32. The van der Waals surface area contributed by atoms with Crippen LogP contribution in [0.3, 0.4) is 0 Å². The van der Waals surface area contributed by atoms with E-state index in [0.717, 1.165) is 30.3 Å². The largest absolute Gasteiger partial charge is 0.426 e. The van der Waals surface area contributed by atoms with Crippen molar-refractivity contribution in [2.24, 2.45) is 0 Å². The predicted octanol–water partition coefficient (Wildman–Crippen LogP) is 1.51. The summed E-state index contributed by atoms with van der Waals surface area (Å²) in [7, 11) is -4.16. The zero-order chi connectivity index (χ0) is 25.9. The number of rotatable bonds is 8. The molecule has 186 valence electrons. The van der Waals surface area contributed by atoms with E-state index in [9.17, 15) is 41.4 Å². The fraction of sp³-hybridized carbons (Fsp3) is 0.300. The third-order valence-corrected chi connectivity index (χ3v) is 6.71. The van der Waals surface area contributed by atoms with Gasteiger partial charge < -0.3 is 26.0 Å². The van der Waals surface area contributed by atoms with Crippen LogP contribution in [0.4, 0.5) is 18.9 Å². The number of hydrogen-bond donors (Lipinski definition) is 5. The Morgan fingerprint density at radius 3 is 2.15 bits per heavy atom. The maximum Gasteiger partial charge on any atom is 0.426 e. The van der Waals surface area contributed by atoms with Crippen LogP contribution in [-0.2, 0) is 14.6 Å². The van der Waals surface area contributed by atoms with Crippen molar-refractivity contribution in [1.29, 1.82) is 0 Å². The molecule has 34 heavy (non-hydrogen) atoms. The van der Waals surface area contributed by atoms with Crippen molar-refractivity contribution in [3.63, 3.8) is 0 Å². The van der Waals surface area contributed by atoms with Crippen molar-refractivity contribution in [3.8, 4) is 0 Å². The Hall–Kier alpha value is -2.71. The van der Waals surface area contributed by atoms with E-state index in [2.05, 4.69) is 5.32 Å². The monoisotopic (exact) mass is 524 g/mol. The normalized spacial score (nSPS) is 14.7. The molecule has 5 N–H and O–H groups in total. The number of carbonyl (C=O) groups excluding carboxylic acids is 2. The molecule has 0 spiro atoms. The van der Waals surface area contributed by atoms with Crippen molar-refractivity contribution in [2.75, 3.05) is 18.5 Å². The molecule has 0 fully saturated rings. The quantitative estimate of drug-likeness (QED) is 0.351. The molecular weight excluding hydrogens is 505 g/mol. The molecule has 0 saturated carbocycles. The zero-order valence-electron chi connectivity index (χ0n) is 17.4. The number of amides is 2. The topological polar surface area (TPSA) is 153 Å². The molecule has 2 aromatic rings. The minimum absolute atomic E-state index is 0.0805. The molecule has 0 aliphatic rings. The van der Waals surface area contributed by atoms with Gasteiger partial charge in [-0.1, -0.05) is 11.6 Å². The van der Waals surface area contributed by atoms with Crippen molar-refractivity contribution in [3.05, 3.63) is 53.1 Å². The molecule has 2 amide bonds. The lowest BCUT2D eigenvalue weighted by atomic mass is 10.1. The van der Waals surface area contributed by atoms with E-state index in [1.165, 1.54) is 12.1 Å². The van der Waals surface area contributed by atoms with Crippen LogP contribution in [0.5, 0.6) is 0 Å². The summed E-state index contributed by atoms with van der Waals surface area (Å²) in [5, 5.41) is 31.2. The van der Waals surface area contributed by atoms with Crippen LogP contribution < -0.4 is 10.6 Å². The molecular formula is C20H20ClF3N2O7S. The first-order valence-corrected chi connectivity index (χ1v) is 11.3. The Morgan fingerprint density at radius 2 is 1.65 bits per heavy atom. The highest BCUT2D eigenvalue weighted by Crippen LogP contribution is 2.33. The summed E-state index contributed by atoms with van der Waals surface area (Å²) in [4.78, 5) is 23.2. The highest BCUT2D eigenvalue weighted by molar-refractivity contribution is 7.91. The van der Waals surface area contributed by atoms with Gasteiger partial charge in [0.2, 0.25) is 15.4 Å². The van der Waals surface area contributed by atoms with Crippen molar-refractivity contribution < 1.29 is 46.5 Å². The SMILES string of the molecule is C[C@@](O)(C(=O)Nc1ccc(S(=O)(=O)c2ccc(C(=O)NCC(O)CO)cc2)cc1Cl)C(F)(F)F. The Bertz CT molecular complexity index is 1170. The second kappa shape index (κ2) is 10.3. The van der Waals surface area contributed by atoms with Crippen LogP contribution >= 0.6 is 11.6 Å². The smallest absolute Gasteiger partial charge is 0.394 e. The molecule has 2 aromatic carbocycles. The van der Waals surface area contributed by atoms with Crippen LogP contribution in [0.25, 0.3) is 0 Å². The summed E-state index contributed by atoms with van der Waals surface area (Å²) in [6.07, 6.45) is -6.41. The van der Waals surface area contributed by atoms with E-state index in [1.54, 1.807) is 5.32 Å². The maximum atomic E-state index is 12.8. The summed E-state index contributed by atoms with van der Waals surface area (Å²) in [6, 6.07) is 7.56. The number of hydrogen-bond acceptors (Lipinski definition) is 7. The summed E-state index contributed by atoms with van der Waals surface area (Å²) in [5.74, 6) is -2.42. The number of anilines is 1. The third kappa shape index (κ3) is 6.04. The molecule has 0 aliphatic carbocycles. The Balaban J connectivity index is 2.22. The van der Waals surface area contributed by atoms with Crippen molar-refractivity contribution in [1.82, 2.24) is 5.32 Å². The maximum absolute atomic E-state index is 12.8. The van der Waals surface area contributed by atoms with Gasteiger partial charge in [-0.3, -0.25) is 9.59 Å². The minimum Gasteiger partial charge on any atom is -0.394 e. The molecule has 14 heteroatoms. The molecule has 0 saturated heterocycles. The van der Waals surface area contributed by atoms with Gasteiger partial charge in [-0.2, -0.15) is 13.2 Å². The average molecular weight is 525 g/mol. The Morgan fingerprint density at radius 1 is 1.09 bits per heavy atom. The second-order valence-electron chi connectivity index (χ2n) is 7.24. The van der Waals surface area contributed by atoms with Gasteiger partial charge in [0.25, 0.3) is 11.8 Å². The second-order valence-corrected chi connectivity index (χ2v) is 9.60. The van der Waals surface area contributed by atoms with E-state index in [0.29, 0.717) is 0 Å². The molecule has 0 aliphatic heterocycles. The molecule has 0 bridgehead atoms. The molecule has 0 aromatic heterocycles. The summed E-state index contributed by atoms with van der Waals surface area (Å²) in [5.41, 5.74) is -3.98. The number of halogens is 4. The third-order valence-electron chi connectivity index (χ3n) is 4.63. The highest BCUT2D eigenvalue weighted by Gasteiger charge is 2.55. The van der Waals surface area contributed by atoms with Crippen LogP contribution in [0, 0.1) is 0 Å². The molecule has 9 nitrogen and oxygen atoms in total. The molecule has 0 heterocycles. The average Bonchev–Trinajstić information content (AvgIpc) is 2.77. The van der Waals surface area contributed by atoms with E-state index in [1.807, 2.05) is 0 Å². The first-order valence-electron chi connectivity index (χ1n) is 9.43. The lowest BCUT2D eigenvalue weighted by Crippen LogP contribution is -2.52. The number of benzene rings is 2. The van der Waals surface area contributed by atoms with Gasteiger partial charge in [-0.15, -0.1) is 0 Å². The Labute approximate surface area is 197 Å². The van der Waals surface area contributed by atoms with Gasteiger partial charge in [-0.05, 0) is 49.4 Å². The van der Waals surface area contributed by atoms with E-state index in [4.69, 9.17) is 16.7 Å². The first-order chi connectivity index (χ1) is 15.6. The number of aliphatic hydroxyl groups is 3.